The molecular weight excluding hydrogens is 341 g/mol. The molecule has 8 heteroatoms. The number of carbonyl (C=O) groups is 1. The summed E-state index contributed by atoms with van der Waals surface area (Å²) in [6.45, 7) is 0. The molecule has 2 N–H and O–H groups in total. The smallest absolute Gasteiger partial charge is 0.265 e. The Morgan fingerprint density at radius 1 is 1.19 bits per heavy atom. The molecule has 108 valence electrons. The van der Waals surface area contributed by atoms with E-state index in [0.29, 0.717) is 30.8 Å². The average Bonchev–Trinajstić information content (AvgIpc) is 2.96. The number of nitrogens with one attached hydrogen (secondary N) is 2. The Labute approximate surface area is 131 Å². The van der Waals surface area contributed by atoms with Gasteiger partial charge in [-0.1, -0.05) is 23.2 Å². The predicted octanol–water partition coefficient (Wildman–Crippen LogP) is 5.07. The highest BCUT2D eigenvalue weighted by molar-refractivity contribution is 7.18. The predicted molar refractivity (Wildman–Crippen MR) is 80.5 cm³/mol. The van der Waals surface area contributed by atoms with E-state index in [1.807, 2.05) is 0 Å². The second-order valence-electron chi connectivity index (χ2n) is 4.20. The van der Waals surface area contributed by atoms with Crippen LogP contribution in [0.3, 0.4) is 0 Å². The maximum atomic E-state index is 13.3. The van der Waals surface area contributed by atoms with E-state index in [-0.39, 0.29) is 0 Å². The Kier molecular flexibility index (Phi) is 3.61. The SMILES string of the molecule is O=C(Nc1c[nH]c2cc(F)c(F)cc12)c1cc(Cl)c(Cl)s1. The number of rotatable bonds is 2. The standard InChI is InChI=1S/C13H6Cl2F2N2OS/c14-6-2-11(21-12(6)15)13(20)19-10-4-18-9-3-8(17)7(16)1-5(9)10/h1-4,18H,(H,19,20). The number of hydrogen-bond acceptors (Lipinski definition) is 2. The normalized spacial score (nSPS) is 11.0. The molecule has 0 radical (unpaired) electrons. The van der Waals surface area contributed by atoms with Gasteiger partial charge in [0.15, 0.2) is 11.6 Å². The molecule has 0 saturated heterocycles. The number of anilines is 1. The van der Waals surface area contributed by atoms with Crippen molar-refractivity contribution < 1.29 is 13.6 Å². The molecule has 1 aromatic carbocycles. The van der Waals surface area contributed by atoms with Crippen molar-refractivity contribution in [1.82, 2.24) is 4.98 Å². The highest BCUT2D eigenvalue weighted by Crippen LogP contribution is 2.32. The van der Waals surface area contributed by atoms with Crippen molar-refractivity contribution >= 4 is 57.0 Å². The van der Waals surface area contributed by atoms with Crippen LogP contribution < -0.4 is 5.32 Å². The molecule has 0 fully saturated rings. The quantitative estimate of drug-likeness (QED) is 0.668. The topological polar surface area (TPSA) is 44.9 Å². The summed E-state index contributed by atoms with van der Waals surface area (Å²) >= 11 is 12.6. The number of aromatic nitrogens is 1. The van der Waals surface area contributed by atoms with Crippen molar-refractivity contribution in [3.05, 3.63) is 50.3 Å². The molecule has 0 bridgehead atoms. The number of H-pyrrole nitrogens is 1. The van der Waals surface area contributed by atoms with E-state index in [1.54, 1.807) is 0 Å². The minimum atomic E-state index is -0.986. The number of aromatic amines is 1. The number of halogens is 4. The molecule has 0 unspecified atom stereocenters. The Hall–Kier alpha value is -1.63. The highest BCUT2D eigenvalue weighted by atomic mass is 35.5. The minimum absolute atomic E-state index is 0.291. The minimum Gasteiger partial charge on any atom is -0.359 e. The van der Waals surface area contributed by atoms with Crippen LogP contribution >= 0.6 is 34.5 Å². The van der Waals surface area contributed by atoms with Gasteiger partial charge in [-0.25, -0.2) is 8.78 Å². The number of benzene rings is 1. The molecule has 3 nitrogen and oxygen atoms in total. The molecule has 2 aromatic heterocycles. The molecule has 0 saturated carbocycles. The van der Waals surface area contributed by atoms with Gasteiger partial charge in [0.2, 0.25) is 0 Å². The number of thiophene rings is 1. The number of carbonyl (C=O) groups excluding carboxylic acids is 1. The number of hydrogen-bond donors (Lipinski definition) is 2. The summed E-state index contributed by atoms with van der Waals surface area (Å²) in [6, 6.07) is 3.49. The monoisotopic (exact) mass is 346 g/mol. The van der Waals surface area contributed by atoms with Gasteiger partial charge in [-0.3, -0.25) is 4.79 Å². The summed E-state index contributed by atoms with van der Waals surface area (Å²) in [5, 5.41) is 3.26. The first-order valence-corrected chi connectivity index (χ1v) is 7.25. The van der Waals surface area contributed by atoms with E-state index in [9.17, 15) is 13.6 Å². The molecule has 0 atom stereocenters. The third-order valence-corrected chi connectivity index (χ3v) is 4.70. The van der Waals surface area contributed by atoms with E-state index in [0.717, 1.165) is 23.5 Å². The molecule has 0 aliphatic carbocycles. The van der Waals surface area contributed by atoms with Gasteiger partial charge in [-0.15, -0.1) is 11.3 Å². The van der Waals surface area contributed by atoms with Crippen LogP contribution in [-0.4, -0.2) is 10.9 Å². The van der Waals surface area contributed by atoms with Gasteiger partial charge in [0.05, 0.1) is 21.1 Å². The summed E-state index contributed by atoms with van der Waals surface area (Å²) < 4.78 is 26.7. The van der Waals surface area contributed by atoms with Crippen LogP contribution in [0, 0.1) is 11.6 Å². The molecule has 2 heterocycles. The third-order valence-electron chi connectivity index (χ3n) is 2.84. The summed E-state index contributed by atoms with van der Waals surface area (Å²) in [6.07, 6.45) is 1.46. The molecular formula is C13H6Cl2F2N2OS. The van der Waals surface area contributed by atoms with E-state index in [4.69, 9.17) is 23.2 Å². The Bertz CT molecular complexity index is 840. The molecule has 3 aromatic rings. The lowest BCUT2D eigenvalue weighted by molar-refractivity contribution is 0.103. The van der Waals surface area contributed by atoms with Crippen LogP contribution in [0.25, 0.3) is 10.9 Å². The first-order chi connectivity index (χ1) is 9.95. The van der Waals surface area contributed by atoms with Crippen LogP contribution in [0.15, 0.2) is 24.4 Å². The molecule has 0 aliphatic heterocycles. The van der Waals surface area contributed by atoms with Crippen LogP contribution in [0.5, 0.6) is 0 Å². The first-order valence-electron chi connectivity index (χ1n) is 5.68. The van der Waals surface area contributed by atoms with Gasteiger partial charge >= 0.3 is 0 Å². The molecule has 0 spiro atoms. The van der Waals surface area contributed by atoms with Crippen LogP contribution in [0.1, 0.15) is 9.67 Å². The lowest BCUT2D eigenvalue weighted by Crippen LogP contribution is -2.09. The first kappa shape index (κ1) is 14.3. The fraction of sp³-hybridized carbons (Fsp3) is 0. The van der Waals surface area contributed by atoms with Crippen LogP contribution in [0.4, 0.5) is 14.5 Å². The summed E-state index contributed by atoms with van der Waals surface area (Å²) in [5.41, 5.74) is 0.723. The Morgan fingerprint density at radius 3 is 2.57 bits per heavy atom. The second-order valence-corrected chi connectivity index (χ2v) is 6.26. The van der Waals surface area contributed by atoms with Gasteiger partial charge in [0.25, 0.3) is 5.91 Å². The maximum absolute atomic E-state index is 13.3. The number of fused-ring (bicyclic) bond motifs is 1. The van der Waals surface area contributed by atoms with Crippen molar-refractivity contribution in [2.24, 2.45) is 0 Å². The maximum Gasteiger partial charge on any atom is 0.265 e. The van der Waals surface area contributed by atoms with Gasteiger partial charge in [-0.2, -0.15) is 0 Å². The molecule has 1 amide bonds. The fourth-order valence-electron chi connectivity index (χ4n) is 1.86. The van der Waals surface area contributed by atoms with Crippen molar-refractivity contribution in [2.75, 3.05) is 5.32 Å². The molecule has 0 aliphatic rings. The van der Waals surface area contributed by atoms with E-state index < -0.39 is 17.5 Å². The second kappa shape index (κ2) is 5.29. The van der Waals surface area contributed by atoms with Gasteiger partial charge < -0.3 is 10.3 Å². The molecule has 21 heavy (non-hydrogen) atoms. The van der Waals surface area contributed by atoms with Gasteiger partial charge in [-0.05, 0) is 12.1 Å². The lowest BCUT2D eigenvalue weighted by atomic mass is 10.2. The average molecular weight is 347 g/mol. The summed E-state index contributed by atoms with van der Waals surface area (Å²) in [4.78, 5) is 15.2. The largest absolute Gasteiger partial charge is 0.359 e. The van der Waals surface area contributed by atoms with Crippen LogP contribution in [-0.2, 0) is 0 Å². The Balaban J connectivity index is 1.94. The summed E-state index contributed by atoms with van der Waals surface area (Å²) in [5.74, 6) is -2.38. The van der Waals surface area contributed by atoms with Crippen molar-refractivity contribution in [2.45, 2.75) is 0 Å². The fourth-order valence-corrected chi connectivity index (χ4v) is 3.13. The number of amides is 1. The van der Waals surface area contributed by atoms with E-state index in [2.05, 4.69) is 10.3 Å². The van der Waals surface area contributed by atoms with Crippen molar-refractivity contribution in [1.29, 1.82) is 0 Å². The lowest BCUT2D eigenvalue weighted by Gasteiger charge is -2.02. The highest BCUT2D eigenvalue weighted by Gasteiger charge is 2.15. The van der Waals surface area contributed by atoms with E-state index in [1.165, 1.54) is 12.3 Å². The zero-order valence-corrected chi connectivity index (χ0v) is 12.5. The Morgan fingerprint density at radius 2 is 1.90 bits per heavy atom. The zero-order valence-electron chi connectivity index (χ0n) is 10.1. The van der Waals surface area contributed by atoms with Gasteiger partial charge in [0, 0.05) is 17.6 Å². The summed E-state index contributed by atoms with van der Waals surface area (Å²) in [7, 11) is 0. The van der Waals surface area contributed by atoms with Crippen molar-refractivity contribution in [3.8, 4) is 0 Å². The third kappa shape index (κ3) is 2.62. The van der Waals surface area contributed by atoms with Crippen molar-refractivity contribution in [3.63, 3.8) is 0 Å². The van der Waals surface area contributed by atoms with Crippen LogP contribution in [0.2, 0.25) is 9.36 Å². The zero-order chi connectivity index (χ0) is 15.1. The van der Waals surface area contributed by atoms with Gasteiger partial charge in [0.1, 0.15) is 4.34 Å². The molecule has 3 rings (SSSR count). The van der Waals surface area contributed by atoms with E-state index >= 15 is 0 Å².